The van der Waals surface area contributed by atoms with Crippen LogP contribution in [0.15, 0.2) is 24.3 Å². The van der Waals surface area contributed by atoms with Crippen molar-refractivity contribution in [2.75, 3.05) is 0 Å². The predicted molar refractivity (Wildman–Crippen MR) is 76.1 cm³/mol. The summed E-state index contributed by atoms with van der Waals surface area (Å²) in [7, 11) is -1.01. The summed E-state index contributed by atoms with van der Waals surface area (Å²) in [6.07, 6.45) is 0. The molecule has 0 unspecified atom stereocenters. The average Bonchev–Trinajstić information content (AvgIpc) is 2.47. The molecule has 0 saturated carbocycles. The zero-order valence-electron chi connectivity index (χ0n) is 12.3. The van der Waals surface area contributed by atoms with E-state index in [9.17, 15) is 0 Å². The third-order valence-electron chi connectivity index (χ3n) is 3.20. The molecule has 0 heterocycles. The smallest absolute Gasteiger partial charge is 1.00 e. The van der Waals surface area contributed by atoms with Gasteiger partial charge in [0.05, 0.1) is 0 Å². The van der Waals surface area contributed by atoms with Gasteiger partial charge in [-0.25, -0.2) is 0 Å². The molecule has 0 spiro atoms. The van der Waals surface area contributed by atoms with E-state index in [4.69, 9.17) is 0 Å². The monoisotopic (exact) mass is 389 g/mol. The molecule has 2 aromatic carbocycles. The van der Waals surface area contributed by atoms with Gasteiger partial charge in [0.2, 0.25) is 0 Å². The molecule has 0 amide bonds. The molecule has 0 atom stereocenters. The Balaban J connectivity index is 0. The zero-order chi connectivity index (χ0) is 11.9. The van der Waals surface area contributed by atoms with Crippen LogP contribution in [0.2, 0.25) is 19.6 Å². The average molecular weight is 392 g/mol. The molecule has 0 bridgehead atoms. The summed E-state index contributed by atoms with van der Waals surface area (Å²) in [5.41, 5.74) is 4.37. The first-order valence-corrected chi connectivity index (χ1v) is 9.73. The maximum atomic E-state index is 2.44. The zero-order valence-corrected chi connectivity index (χ0v) is 17.2. The van der Waals surface area contributed by atoms with Crippen molar-refractivity contribution in [3.05, 3.63) is 41.0 Å². The second-order valence-electron chi connectivity index (χ2n) is 6.12. The van der Waals surface area contributed by atoms with E-state index in [1.165, 1.54) is 27.9 Å². The van der Waals surface area contributed by atoms with Gasteiger partial charge in [-0.3, -0.25) is 0 Å². The summed E-state index contributed by atoms with van der Waals surface area (Å²) in [6, 6.07) is 10.6. The molecule has 0 fully saturated rings. The fourth-order valence-corrected chi connectivity index (χ4v) is 3.71. The van der Waals surface area contributed by atoms with Gasteiger partial charge in [0, 0.05) is 8.07 Å². The quantitative estimate of drug-likeness (QED) is 0.437. The van der Waals surface area contributed by atoms with Crippen molar-refractivity contribution in [3.63, 3.8) is 0 Å². The molecule has 19 heavy (non-hydrogen) atoms. The van der Waals surface area contributed by atoms with E-state index in [0.29, 0.717) is 0 Å². The minimum atomic E-state index is -1.01. The standard InChI is InChI=1S/C15H21Si.2ClH.Zr/c1-11-8-13-6-7-14(10-16(3,4)5)15(13)9-12(11)2;;;/h6-9H,10H2,1-5H3;2*1H;/q-1;;;+3/p-2. The molecule has 0 aliphatic heterocycles. The Morgan fingerprint density at radius 3 is 2.05 bits per heavy atom. The maximum Gasteiger partial charge on any atom is 3.00 e. The van der Waals surface area contributed by atoms with Crippen molar-refractivity contribution in [2.45, 2.75) is 39.5 Å². The molecule has 2 rings (SSSR count). The minimum Gasteiger partial charge on any atom is -1.00 e. The predicted octanol–water partition coefficient (Wildman–Crippen LogP) is -1.40. The molecule has 0 aliphatic rings. The number of hydrogen-bond acceptors (Lipinski definition) is 0. The van der Waals surface area contributed by atoms with Crippen LogP contribution in [0.4, 0.5) is 0 Å². The van der Waals surface area contributed by atoms with E-state index in [-0.39, 0.29) is 51.0 Å². The Morgan fingerprint density at radius 2 is 1.53 bits per heavy atom. The van der Waals surface area contributed by atoms with Crippen molar-refractivity contribution in [3.8, 4) is 0 Å². The van der Waals surface area contributed by atoms with E-state index in [1.807, 2.05) is 0 Å². The van der Waals surface area contributed by atoms with Gasteiger partial charge in [-0.2, -0.15) is 11.6 Å². The van der Waals surface area contributed by atoms with Gasteiger partial charge in [-0.15, -0.1) is 29.0 Å². The molecule has 0 aromatic heterocycles. The van der Waals surface area contributed by atoms with Crippen LogP contribution >= 0.6 is 0 Å². The van der Waals surface area contributed by atoms with Crippen molar-refractivity contribution in [1.29, 1.82) is 0 Å². The van der Waals surface area contributed by atoms with Crippen LogP contribution in [0.5, 0.6) is 0 Å². The third-order valence-corrected chi connectivity index (χ3v) is 4.64. The van der Waals surface area contributed by atoms with E-state index in [1.54, 1.807) is 5.56 Å². The van der Waals surface area contributed by atoms with Gasteiger partial charge >= 0.3 is 26.2 Å². The Labute approximate surface area is 149 Å². The van der Waals surface area contributed by atoms with Crippen molar-refractivity contribution >= 4 is 18.8 Å². The van der Waals surface area contributed by atoms with Crippen LogP contribution in [-0.2, 0) is 32.2 Å². The second-order valence-corrected chi connectivity index (χ2v) is 11.6. The Bertz CT molecular complexity index is 527. The fourth-order valence-electron chi connectivity index (χ4n) is 2.26. The summed E-state index contributed by atoms with van der Waals surface area (Å²) in [6.45, 7) is 11.7. The molecular formula is C15H21Cl2SiZr. The van der Waals surface area contributed by atoms with Gasteiger partial charge in [-0.05, 0) is 13.8 Å². The maximum absolute atomic E-state index is 2.44. The number of aryl methyl sites for hydroxylation is 2. The van der Waals surface area contributed by atoms with Crippen LogP contribution in [0.1, 0.15) is 16.7 Å². The van der Waals surface area contributed by atoms with Gasteiger partial charge in [0.25, 0.3) is 0 Å². The summed E-state index contributed by atoms with van der Waals surface area (Å²) in [5.74, 6) is 0. The minimum absolute atomic E-state index is 0. The third kappa shape index (κ3) is 5.42. The van der Waals surface area contributed by atoms with E-state index in [2.05, 4.69) is 57.8 Å². The molecule has 2 aromatic rings. The summed E-state index contributed by atoms with van der Waals surface area (Å²) in [5, 5.41) is 2.89. The first kappa shape index (κ1) is 21.8. The number of halogens is 2. The summed E-state index contributed by atoms with van der Waals surface area (Å²) >= 11 is 0. The molecule has 0 nitrogen and oxygen atoms in total. The van der Waals surface area contributed by atoms with E-state index in [0.717, 1.165) is 0 Å². The Kier molecular flexibility index (Phi) is 9.27. The van der Waals surface area contributed by atoms with Crippen molar-refractivity contribution in [1.82, 2.24) is 0 Å². The number of fused-ring (bicyclic) bond motifs is 1. The van der Waals surface area contributed by atoms with Gasteiger partial charge in [-0.1, -0.05) is 36.8 Å². The SMILES string of the molecule is Cc1cc2[cH-]cc(C[Si](C)(C)C)c2cc1C.[Cl-].[Cl-].[Zr+3]. The van der Waals surface area contributed by atoms with Crippen LogP contribution in [0.3, 0.4) is 0 Å². The van der Waals surface area contributed by atoms with Crippen LogP contribution in [-0.4, -0.2) is 8.07 Å². The van der Waals surface area contributed by atoms with Crippen molar-refractivity contribution < 1.29 is 51.0 Å². The molecule has 0 saturated heterocycles. The number of rotatable bonds is 2. The second kappa shape index (κ2) is 8.08. The summed E-state index contributed by atoms with van der Waals surface area (Å²) in [4.78, 5) is 0. The Morgan fingerprint density at radius 1 is 1.00 bits per heavy atom. The number of hydrogen-bond donors (Lipinski definition) is 0. The molecule has 0 aliphatic carbocycles. The molecule has 103 valence electrons. The molecule has 4 heteroatoms. The van der Waals surface area contributed by atoms with E-state index >= 15 is 0 Å². The molecule has 0 N–H and O–H groups in total. The number of benzene rings is 1. The first-order chi connectivity index (χ1) is 7.37. The first-order valence-electron chi connectivity index (χ1n) is 6.02. The van der Waals surface area contributed by atoms with Gasteiger partial charge in [0.15, 0.2) is 0 Å². The van der Waals surface area contributed by atoms with Crippen LogP contribution in [0.25, 0.3) is 10.8 Å². The topological polar surface area (TPSA) is 0 Å². The molecule has 1 radical (unpaired) electrons. The fraction of sp³-hybridized carbons (Fsp3) is 0.400. The van der Waals surface area contributed by atoms with Crippen LogP contribution < -0.4 is 24.8 Å². The van der Waals surface area contributed by atoms with Gasteiger partial charge < -0.3 is 24.8 Å². The largest absolute Gasteiger partial charge is 3.00 e. The van der Waals surface area contributed by atoms with Crippen LogP contribution in [0, 0.1) is 13.8 Å². The van der Waals surface area contributed by atoms with E-state index < -0.39 is 8.07 Å². The van der Waals surface area contributed by atoms with Crippen molar-refractivity contribution in [2.24, 2.45) is 0 Å². The van der Waals surface area contributed by atoms with Gasteiger partial charge in [0.1, 0.15) is 0 Å². The normalized spacial score (nSPS) is 10.4. The molecular weight excluding hydrogens is 370 g/mol. The summed E-state index contributed by atoms with van der Waals surface area (Å²) < 4.78 is 0. The Hall–Kier alpha value is 0.510.